The molecule has 3 aromatic heterocycles. The molecule has 4 heterocycles. The molecule has 0 atom stereocenters. The summed E-state index contributed by atoms with van der Waals surface area (Å²) in [5, 5.41) is 14.5. The van der Waals surface area contributed by atoms with Gasteiger partial charge in [0.2, 0.25) is 0 Å². The minimum absolute atomic E-state index is 0.0409. The highest BCUT2D eigenvalue weighted by atomic mass is 32.1. The number of anilines is 1. The van der Waals surface area contributed by atoms with Gasteiger partial charge in [-0.25, -0.2) is 9.18 Å². The summed E-state index contributed by atoms with van der Waals surface area (Å²) in [6, 6.07) is 11.7. The molecule has 1 saturated carbocycles. The Morgan fingerprint density at radius 3 is 2.66 bits per heavy atom. The Kier molecular flexibility index (Phi) is 6.38. The monoisotopic (exact) mass is 533 g/mol. The third-order valence-electron chi connectivity index (χ3n) is 6.49. The van der Waals surface area contributed by atoms with Crippen molar-refractivity contribution in [3.05, 3.63) is 66.2 Å². The van der Waals surface area contributed by atoms with E-state index in [0.29, 0.717) is 36.6 Å². The molecular formula is C27H24FN5O4S. The summed E-state index contributed by atoms with van der Waals surface area (Å²) < 4.78 is 21.5. The van der Waals surface area contributed by atoms with E-state index in [2.05, 4.69) is 25.5 Å². The second kappa shape index (κ2) is 9.99. The van der Waals surface area contributed by atoms with Crippen molar-refractivity contribution in [3.63, 3.8) is 0 Å². The first-order chi connectivity index (χ1) is 18.4. The second-order valence-electron chi connectivity index (χ2n) is 9.54. The summed E-state index contributed by atoms with van der Waals surface area (Å²) in [4.78, 5) is 34.9. The topological polar surface area (TPSA) is 117 Å². The van der Waals surface area contributed by atoms with Gasteiger partial charge in [0.1, 0.15) is 5.75 Å². The molecule has 1 aliphatic heterocycles. The number of aromatic nitrogens is 2. The lowest BCUT2D eigenvalue weighted by atomic mass is 10.00. The predicted molar refractivity (Wildman–Crippen MR) is 141 cm³/mol. The molecule has 1 aromatic carbocycles. The summed E-state index contributed by atoms with van der Waals surface area (Å²) in [6.07, 6.45) is 5.35. The van der Waals surface area contributed by atoms with Crippen LogP contribution in [0.5, 0.6) is 11.5 Å². The highest BCUT2D eigenvalue weighted by Crippen LogP contribution is 2.39. The Morgan fingerprint density at radius 2 is 1.95 bits per heavy atom. The molecule has 6 rings (SSSR count). The van der Waals surface area contributed by atoms with Crippen LogP contribution in [0.15, 0.2) is 54.9 Å². The van der Waals surface area contributed by atoms with E-state index in [1.165, 1.54) is 23.5 Å². The molecule has 2 aliphatic rings. The van der Waals surface area contributed by atoms with Crippen molar-refractivity contribution in [1.29, 1.82) is 0 Å². The fourth-order valence-electron chi connectivity index (χ4n) is 4.26. The van der Waals surface area contributed by atoms with E-state index in [4.69, 9.17) is 9.84 Å². The number of thiophene rings is 1. The lowest BCUT2D eigenvalue weighted by Gasteiger charge is -2.36. The van der Waals surface area contributed by atoms with E-state index in [0.717, 1.165) is 33.7 Å². The van der Waals surface area contributed by atoms with Gasteiger partial charge in [0.25, 0.3) is 0 Å². The minimum Gasteiger partial charge on any atom is -0.481 e. The summed E-state index contributed by atoms with van der Waals surface area (Å²) >= 11 is 1.45. The number of pyridine rings is 2. The van der Waals surface area contributed by atoms with Gasteiger partial charge in [-0.15, -0.1) is 11.3 Å². The van der Waals surface area contributed by atoms with Gasteiger partial charge >= 0.3 is 12.0 Å². The summed E-state index contributed by atoms with van der Waals surface area (Å²) in [7, 11) is 0. The average molecular weight is 534 g/mol. The number of halogens is 1. The summed E-state index contributed by atoms with van der Waals surface area (Å²) in [5.41, 5.74) is 2.85. The molecule has 1 saturated heterocycles. The molecule has 3 N–H and O–H groups in total. The molecular weight excluding hydrogens is 509 g/mol. The van der Waals surface area contributed by atoms with Gasteiger partial charge in [-0.1, -0.05) is 6.07 Å². The first-order valence-electron chi connectivity index (χ1n) is 12.3. The first-order valence-corrected chi connectivity index (χ1v) is 13.1. The fourth-order valence-corrected chi connectivity index (χ4v) is 5.30. The maximum absolute atomic E-state index is 14.8. The van der Waals surface area contributed by atoms with E-state index in [1.54, 1.807) is 24.5 Å². The standard InChI is InChI=1S/C27H24FN5O4S/c28-19-9-18(32-27(36)31-17-2-3-17)4-6-22(19)37-23-7-8-29-21-10-24(38-25(21)23)20-5-1-15(11-30-20)12-33-13-16(14-33)26(34)35/h1,4-11,16-17H,2-3,12-14H2,(H,34,35)(H2,31,32,36). The van der Waals surface area contributed by atoms with Crippen LogP contribution in [0.2, 0.25) is 0 Å². The van der Waals surface area contributed by atoms with Crippen LogP contribution in [0.3, 0.4) is 0 Å². The third kappa shape index (κ3) is 5.29. The molecule has 0 bridgehead atoms. The Hall–Kier alpha value is -4.09. The predicted octanol–water partition coefficient (Wildman–Crippen LogP) is 5.09. The van der Waals surface area contributed by atoms with Crippen molar-refractivity contribution in [2.45, 2.75) is 25.4 Å². The number of amides is 2. The number of rotatable bonds is 8. The number of likely N-dealkylation sites (tertiary alicyclic amines) is 1. The number of carbonyl (C=O) groups is 2. The first kappa shape index (κ1) is 24.3. The van der Waals surface area contributed by atoms with Crippen LogP contribution >= 0.6 is 11.3 Å². The highest BCUT2D eigenvalue weighted by molar-refractivity contribution is 7.22. The van der Waals surface area contributed by atoms with Crippen LogP contribution in [0.1, 0.15) is 18.4 Å². The van der Waals surface area contributed by atoms with E-state index in [9.17, 15) is 14.0 Å². The zero-order chi connectivity index (χ0) is 26.2. The van der Waals surface area contributed by atoms with Crippen LogP contribution in [0, 0.1) is 11.7 Å². The Bertz CT molecular complexity index is 1520. The maximum Gasteiger partial charge on any atom is 0.319 e. The lowest BCUT2D eigenvalue weighted by Crippen LogP contribution is -2.49. The fraction of sp³-hybridized carbons (Fsp3) is 0.259. The number of carboxylic acid groups (broad SMARTS) is 1. The van der Waals surface area contributed by atoms with Gasteiger partial charge in [-0.05, 0) is 42.7 Å². The number of nitrogens with one attached hydrogen (secondary N) is 2. The normalized spacial score (nSPS) is 15.7. The maximum atomic E-state index is 14.8. The summed E-state index contributed by atoms with van der Waals surface area (Å²) in [6.45, 7) is 1.77. The van der Waals surface area contributed by atoms with Crippen molar-refractivity contribution < 1.29 is 23.8 Å². The number of carbonyl (C=O) groups excluding carboxylic acids is 1. The zero-order valence-electron chi connectivity index (χ0n) is 20.2. The number of ether oxygens (including phenoxy) is 1. The molecule has 0 radical (unpaired) electrons. The van der Waals surface area contributed by atoms with Crippen molar-refractivity contribution in [2.75, 3.05) is 18.4 Å². The summed E-state index contributed by atoms with van der Waals surface area (Å²) in [5.74, 6) is -1.11. The molecule has 0 spiro atoms. The Labute approximate surface area is 221 Å². The molecule has 11 heteroatoms. The number of hydrogen-bond acceptors (Lipinski definition) is 7. The van der Waals surface area contributed by atoms with Gasteiger partial charge in [0.15, 0.2) is 11.6 Å². The van der Waals surface area contributed by atoms with Crippen LogP contribution in [0.4, 0.5) is 14.9 Å². The molecule has 38 heavy (non-hydrogen) atoms. The largest absolute Gasteiger partial charge is 0.481 e. The minimum atomic E-state index is -0.749. The zero-order valence-corrected chi connectivity index (χ0v) is 21.0. The van der Waals surface area contributed by atoms with Gasteiger partial charge in [-0.3, -0.25) is 19.7 Å². The van der Waals surface area contributed by atoms with Crippen molar-refractivity contribution in [2.24, 2.45) is 5.92 Å². The van der Waals surface area contributed by atoms with Gasteiger partial charge < -0.3 is 20.5 Å². The number of benzene rings is 1. The van der Waals surface area contributed by atoms with Gasteiger partial charge in [0, 0.05) is 55.9 Å². The number of hydrogen-bond donors (Lipinski definition) is 3. The number of fused-ring (bicyclic) bond motifs is 1. The van der Waals surface area contributed by atoms with Crippen molar-refractivity contribution >= 4 is 39.2 Å². The second-order valence-corrected chi connectivity index (χ2v) is 10.6. The smallest absolute Gasteiger partial charge is 0.319 e. The number of urea groups is 1. The molecule has 0 unspecified atom stereocenters. The molecule has 4 aromatic rings. The van der Waals surface area contributed by atoms with E-state index >= 15 is 0 Å². The van der Waals surface area contributed by atoms with E-state index < -0.39 is 11.8 Å². The van der Waals surface area contributed by atoms with E-state index in [1.807, 2.05) is 18.2 Å². The SMILES string of the molecule is O=C(Nc1ccc(Oc2ccnc3cc(-c4ccc(CN5CC(C(=O)O)C5)cn4)sc23)c(F)c1)NC1CC1. The molecule has 9 nitrogen and oxygen atoms in total. The number of aliphatic carboxylic acids is 1. The van der Waals surface area contributed by atoms with E-state index in [-0.39, 0.29) is 23.7 Å². The molecule has 1 aliphatic carbocycles. The van der Waals surface area contributed by atoms with Crippen molar-refractivity contribution in [1.82, 2.24) is 20.2 Å². The van der Waals surface area contributed by atoms with Crippen molar-refractivity contribution in [3.8, 4) is 22.1 Å². The molecule has 2 fully saturated rings. The van der Waals surface area contributed by atoms with Crippen LogP contribution in [-0.2, 0) is 11.3 Å². The van der Waals surface area contributed by atoms with Gasteiger partial charge in [0.05, 0.1) is 26.7 Å². The highest BCUT2D eigenvalue weighted by Gasteiger charge is 2.32. The number of nitrogens with zero attached hydrogens (tertiary/aromatic N) is 3. The van der Waals surface area contributed by atoms with Crippen LogP contribution in [0.25, 0.3) is 20.8 Å². The third-order valence-corrected chi connectivity index (χ3v) is 7.65. The van der Waals surface area contributed by atoms with Gasteiger partial charge in [-0.2, -0.15) is 0 Å². The molecule has 2 amide bonds. The Balaban J connectivity index is 1.15. The van der Waals surface area contributed by atoms with Crippen LogP contribution < -0.4 is 15.4 Å². The van der Waals surface area contributed by atoms with Crippen LogP contribution in [-0.4, -0.2) is 51.1 Å². The number of carboxylic acids is 1. The lowest BCUT2D eigenvalue weighted by molar-refractivity contribution is -0.147. The average Bonchev–Trinajstić information content (AvgIpc) is 3.56. The quantitative estimate of drug-likeness (QED) is 0.289. The Morgan fingerprint density at radius 1 is 1.11 bits per heavy atom. The molecule has 194 valence electrons.